The highest BCUT2D eigenvalue weighted by atomic mass is 35.5. The van der Waals surface area contributed by atoms with Crippen LogP contribution in [0.15, 0.2) is 48.5 Å². The van der Waals surface area contributed by atoms with Gasteiger partial charge in [0.25, 0.3) is 0 Å². The first-order chi connectivity index (χ1) is 12.7. The van der Waals surface area contributed by atoms with Crippen LogP contribution in [-0.2, 0) is 6.42 Å². The highest BCUT2D eigenvalue weighted by molar-refractivity contribution is 7.19. The molecule has 4 rings (SSSR count). The summed E-state index contributed by atoms with van der Waals surface area (Å²) in [6.07, 6.45) is 1.06. The molecule has 0 saturated carbocycles. The number of nitriles is 1. The molecule has 0 amide bonds. The van der Waals surface area contributed by atoms with Crippen LogP contribution in [0.3, 0.4) is 0 Å². The fourth-order valence-corrected chi connectivity index (χ4v) is 4.53. The zero-order valence-electron chi connectivity index (χ0n) is 14.9. The van der Waals surface area contributed by atoms with E-state index in [1.165, 1.54) is 21.3 Å². The highest BCUT2D eigenvalue weighted by Gasteiger charge is 2.19. The Labute approximate surface area is 175 Å². The Morgan fingerprint density at radius 2 is 1.78 bits per heavy atom. The molecule has 3 aromatic rings. The van der Waals surface area contributed by atoms with Crippen LogP contribution < -0.4 is 4.90 Å². The van der Waals surface area contributed by atoms with Crippen LogP contribution in [0.4, 0.5) is 5.69 Å². The largest absolute Gasteiger partial charge is 0.368 e. The molecule has 0 unspecified atom stereocenters. The lowest BCUT2D eigenvalue weighted by Gasteiger charge is -2.36. The molecular formula is C21H21Cl2N3S. The standard InChI is InChI=1S/C21H20ClN3S.ClH/c22-17-6-4-16(5-7-17)8-9-24-10-12-25(13-11-24)20-2-1-3-21-19(20)14-18(15-23)26-21;/h1-7,14H,8-13H2;1H. The van der Waals surface area contributed by atoms with Crippen molar-refractivity contribution in [2.24, 2.45) is 0 Å². The molecule has 0 atom stereocenters. The fraction of sp³-hybridized carbons (Fsp3) is 0.286. The van der Waals surface area contributed by atoms with Gasteiger partial charge in [-0.25, -0.2) is 0 Å². The predicted octanol–water partition coefficient (Wildman–Crippen LogP) is 5.21. The predicted molar refractivity (Wildman–Crippen MR) is 118 cm³/mol. The minimum atomic E-state index is 0. The number of piperazine rings is 1. The Hall–Kier alpha value is -1.77. The first-order valence-corrected chi connectivity index (χ1v) is 10.1. The van der Waals surface area contributed by atoms with E-state index < -0.39 is 0 Å². The van der Waals surface area contributed by atoms with Crippen molar-refractivity contribution in [2.45, 2.75) is 6.42 Å². The van der Waals surface area contributed by atoms with Crippen LogP contribution in [0.5, 0.6) is 0 Å². The molecule has 0 bridgehead atoms. The second-order valence-corrected chi connectivity index (χ2v) is 8.14. The molecule has 1 aliphatic rings. The number of nitrogens with zero attached hydrogens (tertiary/aromatic N) is 3. The maximum Gasteiger partial charge on any atom is 0.110 e. The summed E-state index contributed by atoms with van der Waals surface area (Å²) in [5, 5.41) is 11.2. The summed E-state index contributed by atoms with van der Waals surface area (Å²) in [4.78, 5) is 5.77. The molecule has 1 aliphatic heterocycles. The van der Waals surface area contributed by atoms with E-state index in [2.05, 4.69) is 46.2 Å². The Morgan fingerprint density at radius 3 is 2.48 bits per heavy atom. The van der Waals surface area contributed by atoms with Gasteiger partial charge in [-0.05, 0) is 42.3 Å². The third-order valence-electron chi connectivity index (χ3n) is 4.99. The van der Waals surface area contributed by atoms with Crippen molar-refractivity contribution in [3.63, 3.8) is 0 Å². The number of benzene rings is 2. The lowest BCUT2D eigenvalue weighted by Crippen LogP contribution is -2.47. The molecule has 0 N–H and O–H groups in total. The van der Waals surface area contributed by atoms with Gasteiger partial charge in [0.15, 0.2) is 0 Å². The van der Waals surface area contributed by atoms with Crippen molar-refractivity contribution < 1.29 is 0 Å². The van der Waals surface area contributed by atoms with E-state index in [-0.39, 0.29) is 12.4 Å². The summed E-state index contributed by atoms with van der Waals surface area (Å²) < 4.78 is 1.20. The quantitative estimate of drug-likeness (QED) is 0.583. The van der Waals surface area contributed by atoms with Crippen LogP contribution >= 0.6 is 35.3 Å². The van der Waals surface area contributed by atoms with Crippen molar-refractivity contribution in [1.82, 2.24) is 4.90 Å². The first kappa shape index (κ1) is 20.0. The monoisotopic (exact) mass is 417 g/mol. The average Bonchev–Trinajstić information content (AvgIpc) is 3.11. The Morgan fingerprint density at radius 1 is 1.04 bits per heavy atom. The van der Waals surface area contributed by atoms with Crippen LogP contribution in [-0.4, -0.2) is 37.6 Å². The molecule has 2 heterocycles. The van der Waals surface area contributed by atoms with E-state index in [0.717, 1.165) is 49.0 Å². The van der Waals surface area contributed by atoms with Crippen molar-refractivity contribution in [1.29, 1.82) is 5.26 Å². The molecule has 1 fully saturated rings. The lowest BCUT2D eigenvalue weighted by molar-refractivity contribution is 0.261. The summed E-state index contributed by atoms with van der Waals surface area (Å²) >= 11 is 7.53. The van der Waals surface area contributed by atoms with E-state index in [1.807, 2.05) is 18.2 Å². The van der Waals surface area contributed by atoms with Crippen LogP contribution in [0.1, 0.15) is 10.4 Å². The van der Waals surface area contributed by atoms with Crippen LogP contribution in [0, 0.1) is 11.3 Å². The van der Waals surface area contributed by atoms with Crippen LogP contribution in [0.25, 0.3) is 10.1 Å². The van der Waals surface area contributed by atoms with Crippen molar-refractivity contribution in [3.05, 3.63) is 64.0 Å². The molecule has 0 aliphatic carbocycles. The number of thiophene rings is 1. The normalized spacial score (nSPS) is 14.7. The van der Waals surface area contributed by atoms with Gasteiger partial charge in [0.05, 0.1) is 0 Å². The van der Waals surface area contributed by atoms with Crippen molar-refractivity contribution in [2.75, 3.05) is 37.6 Å². The maximum absolute atomic E-state index is 9.18. The van der Waals surface area contributed by atoms with Gasteiger partial charge in [0.2, 0.25) is 0 Å². The summed E-state index contributed by atoms with van der Waals surface area (Å²) in [5.74, 6) is 0. The molecule has 2 aromatic carbocycles. The minimum absolute atomic E-state index is 0. The fourth-order valence-electron chi connectivity index (χ4n) is 3.53. The van der Waals surface area contributed by atoms with Gasteiger partial charge < -0.3 is 4.90 Å². The molecule has 1 saturated heterocycles. The van der Waals surface area contributed by atoms with Gasteiger partial charge in [-0.15, -0.1) is 23.7 Å². The zero-order valence-corrected chi connectivity index (χ0v) is 17.3. The maximum atomic E-state index is 9.18. The van der Waals surface area contributed by atoms with Crippen molar-refractivity contribution in [3.8, 4) is 6.07 Å². The number of halogens is 2. The molecular weight excluding hydrogens is 397 g/mol. The van der Waals surface area contributed by atoms with E-state index >= 15 is 0 Å². The number of rotatable bonds is 4. The second kappa shape index (κ2) is 8.95. The molecule has 6 heteroatoms. The summed E-state index contributed by atoms with van der Waals surface area (Å²) in [6.45, 7) is 5.27. The average molecular weight is 418 g/mol. The topological polar surface area (TPSA) is 30.3 Å². The third-order valence-corrected chi connectivity index (χ3v) is 6.25. The molecule has 1 aromatic heterocycles. The molecule has 0 radical (unpaired) electrons. The van der Waals surface area contributed by atoms with Gasteiger partial charge in [-0.1, -0.05) is 29.8 Å². The lowest BCUT2D eigenvalue weighted by atomic mass is 10.1. The van der Waals surface area contributed by atoms with E-state index in [0.29, 0.717) is 0 Å². The Balaban J connectivity index is 0.00000210. The van der Waals surface area contributed by atoms with E-state index in [4.69, 9.17) is 11.6 Å². The van der Waals surface area contributed by atoms with Gasteiger partial charge in [0, 0.05) is 53.5 Å². The van der Waals surface area contributed by atoms with E-state index in [1.54, 1.807) is 11.3 Å². The number of anilines is 1. The first-order valence-electron chi connectivity index (χ1n) is 8.87. The van der Waals surface area contributed by atoms with E-state index in [9.17, 15) is 5.26 Å². The minimum Gasteiger partial charge on any atom is -0.368 e. The summed E-state index contributed by atoms with van der Waals surface area (Å²) in [6, 6.07) is 18.8. The van der Waals surface area contributed by atoms with Gasteiger partial charge in [0.1, 0.15) is 10.9 Å². The number of hydrogen-bond donors (Lipinski definition) is 0. The Kier molecular flexibility index (Phi) is 6.62. The molecule has 0 spiro atoms. The highest BCUT2D eigenvalue weighted by Crippen LogP contribution is 2.33. The summed E-state index contributed by atoms with van der Waals surface area (Å²) in [7, 11) is 0. The summed E-state index contributed by atoms with van der Waals surface area (Å²) in [5.41, 5.74) is 2.60. The molecule has 3 nitrogen and oxygen atoms in total. The van der Waals surface area contributed by atoms with Crippen molar-refractivity contribution >= 4 is 51.1 Å². The smallest absolute Gasteiger partial charge is 0.110 e. The van der Waals surface area contributed by atoms with Crippen LogP contribution in [0.2, 0.25) is 5.02 Å². The number of hydrogen-bond acceptors (Lipinski definition) is 4. The molecule has 27 heavy (non-hydrogen) atoms. The van der Waals surface area contributed by atoms with Gasteiger partial charge in [-0.2, -0.15) is 5.26 Å². The SMILES string of the molecule is Cl.N#Cc1cc2c(N3CCN(CCc4ccc(Cl)cc4)CC3)cccc2s1. The van der Waals surface area contributed by atoms with Gasteiger partial charge >= 0.3 is 0 Å². The van der Waals surface area contributed by atoms with Gasteiger partial charge in [-0.3, -0.25) is 4.90 Å². The zero-order chi connectivity index (χ0) is 17.9. The Bertz CT molecular complexity index is 938. The number of fused-ring (bicyclic) bond motifs is 1. The molecule has 140 valence electrons. The third kappa shape index (κ3) is 4.56. The second-order valence-electron chi connectivity index (χ2n) is 6.62.